The number of hydrogen-bond donors (Lipinski definition) is 2. The Hall–Kier alpha value is -2.37. The number of nitrogens with one attached hydrogen (secondary N) is 1. The minimum Gasteiger partial charge on any atom is -0.378 e. The summed E-state index contributed by atoms with van der Waals surface area (Å²) in [5.74, 6) is -0.0287. The van der Waals surface area contributed by atoms with Crippen molar-refractivity contribution in [3.8, 4) is 0 Å². The number of nitrogen functional groups attached to an aromatic ring is 1. The average molecular weight is 232 g/mol. The Kier molecular flexibility index (Phi) is 2.78. The largest absolute Gasteiger partial charge is 0.378 e. The number of nitrogens with zero attached hydrogens (tertiary/aromatic N) is 2. The summed E-state index contributed by atoms with van der Waals surface area (Å²) in [5.41, 5.74) is 7.09. The van der Waals surface area contributed by atoms with Crippen molar-refractivity contribution < 1.29 is 4.92 Å². The zero-order valence-electron chi connectivity index (χ0n) is 9.25. The van der Waals surface area contributed by atoms with E-state index in [0.29, 0.717) is 5.69 Å². The molecular weight excluding hydrogens is 220 g/mol. The fourth-order valence-corrected chi connectivity index (χ4v) is 1.65. The van der Waals surface area contributed by atoms with Crippen LogP contribution in [0.3, 0.4) is 0 Å². The molecule has 0 aromatic carbocycles. The van der Waals surface area contributed by atoms with Crippen molar-refractivity contribution in [2.45, 2.75) is 12.8 Å². The number of H-pyrrole nitrogens is 1. The predicted octanol–water partition coefficient (Wildman–Crippen LogP) is 2.05. The standard InChI is InChI=1S/C11H12N4O2/c1-7(8-3-2-6-13-8)9-4-5-10(15(16)17)11(12)14-9/h2-7,13H,1H3,(H2,12,14). The van der Waals surface area contributed by atoms with E-state index >= 15 is 0 Å². The lowest BCUT2D eigenvalue weighted by molar-refractivity contribution is -0.384. The van der Waals surface area contributed by atoms with E-state index in [1.165, 1.54) is 6.07 Å². The van der Waals surface area contributed by atoms with Crippen LogP contribution >= 0.6 is 0 Å². The van der Waals surface area contributed by atoms with Gasteiger partial charge in [-0.15, -0.1) is 0 Å². The quantitative estimate of drug-likeness (QED) is 0.625. The second kappa shape index (κ2) is 4.25. The molecule has 6 heteroatoms. The van der Waals surface area contributed by atoms with Crippen molar-refractivity contribution in [2.24, 2.45) is 0 Å². The molecule has 0 aliphatic heterocycles. The number of aromatic amines is 1. The first-order valence-corrected chi connectivity index (χ1v) is 5.13. The number of nitrogens with two attached hydrogens (primary N) is 1. The summed E-state index contributed by atoms with van der Waals surface area (Å²) < 4.78 is 0. The molecule has 88 valence electrons. The van der Waals surface area contributed by atoms with E-state index in [4.69, 9.17) is 5.73 Å². The molecule has 2 aromatic heterocycles. The smallest absolute Gasteiger partial charge is 0.311 e. The van der Waals surface area contributed by atoms with Crippen LogP contribution in [0.5, 0.6) is 0 Å². The lowest BCUT2D eigenvalue weighted by atomic mass is 10.0. The van der Waals surface area contributed by atoms with Gasteiger partial charge in [-0.1, -0.05) is 6.92 Å². The Morgan fingerprint density at radius 1 is 1.47 bits per heavy atom. The van der Waals surface area contributed by atoms with Crippen LogP contribution in [0, 0.1) is 10.1 Å². The monoisotopic (exact) mass is 232 g/mol. The highest BCUT2D eigenvalue weighted by Crippen LogP contribution is 2.25. The van der Waals surface area contributed by atoms with Gasteiger partial charge in [-0.2, -0.15) is 0 Å². The number of aromatic nitrogens is 2. The van der Waals surface area contributed by atoms with Crippen molar-refractivity contribution in [1.29, 1.82) is 0 Å². The van der Waals surface area contributed by atoms with Gasteiger partial charge in [0.1, 0.15) is 0 Å². The topological polar surface area (TPSA) is 97.8 Å². The van der Waals surface area contributed by atoms with Crippen LogP contribution in [0.15, 0.2) is 30.5 Å². The molecule has 0 fully saturated rings. The molecule has 0 saturated heterocycles. The molecule has 0 aliphatic carbocycles. The van der Waals surface area contributed by atoms with Gasteiger partial charge in [0.25, 0.3) is 0 Å². The van der Waals surface area contributed by atoms with Crippen LogP contribution in [0.25, 0.3) is 0 Å². The third-order valence-corrected chi connectivity index (χ3v) is 2.65. The van der Waals surface area contributed by atoms with E-state index in [1.807, 2.05) is 25.3 Å². The minimum atomic E-state index is -0.536. The molecule has 0 amide bonds. The zero-order valence-corrected chi connectivity index (χ0v) is 9.25. The average Bonchev–Trinajstić information content (AvgIpc) is 2.80. The van der Waals surface area contributed by atoms with Gasteiger partial charge in [0.05, 0.1) is 10.6 Å². The zero-order chi connectivity index (χ0) is 12.4. The fraction of sp³-hybridized carbons (Fsp3) is 0.182. The maximum atomic E-state index is 10.6. The molecule has 0 aliphatic rings. The summed E-state index contributed by atoms with van der Waals surface area (Å²) in [5, 5.41) is 10.6. The molecule has 2 heterocycles. The van der Waals surface area contributed by atoms with E-state index in [1.54, 1.807) is 6.07 Å². The summed E-state index contributed by atoms with van der Waals surface area (Å²) in [6.45, 7) is 1.96. The Morgan fingerprint density at radius 3 is 2.76 bits per heavy atom. The van der Waals surface area contributed by atoms with E-state index in [9.17, 15) is 10.1 Å². The molecule has 6 nitrogen and oxygen atoms in total. The summed E-state index contributed by atoms with van der Waals surface area (Å²) in [4.78, 5) is 17.2. The van der Waals surface area contributed by atoms with Gasteiger partial charge in [-0.05, 0) is 18.2 Å². The van der Waals surface area contributed by atoms with Crippen LogP contribution in [-0.4, -0.2) is 14.9 Å². The van der Waals surface area contributed by atoms with Crippen molar-refractivity contribution in [1.82, 2.24) is 9.97 Å². The van der Waals surface area contributed by atoms with Gasteiger partial charge in [-0.3, -0.25) is 10.1 Å². The van der Waals surface area contributed by atoms with Gasteiger partial charge >= 0.3 is 5.69 Å². The summed E-state index contributed by atoms with van der Waals surface area (Å²) in [6, 6.07) is 6.83. The number of nitro groups is 1. The highest BCUT2D eigenvalue weighted by atomic mass is 16.6. The Bertz CT molecular complexity index is 536. The van der Waals surface area contributed by atoms with Crippen molar-refractivity contribution in [3.63, 3.8) is 0 Å². The van der Waals surface area contributed by atoms with Crippen LogP contribution in [0.4, 0.5) is 11.5 Å². The number of hydrogen-bond acceptors (Lipinski definition) is 4. The summed E-state index contributed by atoms with van der Waals surface area (Å²) in [6.07, 6.45) is 1.82. The van der Waals surface area contributed by atoms with Crippen LogP contribution in [0.2, 0.25) is 0 Å². The maximum Gasteiger partial charge on any atom is 0.311 e. The van der Waals surface area contributed by atoms with E-state index in [2.05, 4.69) is 9.97 Å². The van der Waals surface area contributed by atoms with Crippen LogP contribution in [0.1, 0.15) is 24.2 Å². The first-order valence-electron chi connectivity index (χ1n) is 5.13. The van der Waals surface area contributed by atoms with Gasteiger partial charge in [-0.25, -0.2) is 4.98 Å². The Labute approximate surface area is 97.6 Å². The van der Waals surface area contributed by atoms with E-state index < -0.39 is 4.92 Å². The summed E-state index contributed by atoms with van der Waals surface area (Å²) >= 11 is 0. The molecule has 0 spiro atoms. The predicted molar refractivity (Wildman–Crippen MR) is 63.6 cm³/mol. The molecule has 0 bridgehead atoms. The first-order chi connectivity index (χ1) is 8.09. The normalized spacial score (nSPS) is 12.3. The highest BCUT2D eigenvalue weighted by Gasteiger charge is 2.16. The van der Waals surface area contributed by atoms with Gasteiger partial charge in [0, 0.05) is 23.9 Å². The molecule has 3 N–H and O–H groups in total. The third kappa shape index (κ3) is 2.10. The van der Waals surface area contributed by atoms with Crippen molar-refractivity contribution >= 4 is 11.5 Å². The highest BCUT2D eigenvalue weighted by molar-refractivity contribution is 5.52. The van der Waals surface area contributed by atoms with Crippen LogP contribution < -0.4 is 5.73 Å². The lowest BCUT2D eigenvalue weighted by Crippen LogP contribution is -2.04. The molecule has 1 atom stereocenters. The van der Waals surface area contributed by atoms with Gasteiger partial charge in [0.2, 0.25) is 5.82 Å². The van der Waals surface area contributed by atoms with Gasteiger partial charge in [0.15, 0.2) is 0 Å². The molecule has 1 unspecified atom stereocenters. The molecular formula is C11H12N4O2. The molecule has 2 aromatic rings. The lowest BCUT2D eigenvalue weighted by Gasteiger charge is -2.09. The van der Waals surface area contributed by atoms with E-state index in [-0.39, 0.29) is 17.4 Å². The Morgan fingerprint density at radius 2 is 2.24 bits per heavy atom. The second-order valence-electron chi connectivity index (χ2n) is 3.74. The summed E-state index contributed by atoms with van der Waals surface area (Å²) in [7, 11) is 0. The number of pyridine rings is 1. The first kappa shape index (κ1) is 11.1. The molecule has 2 rings (SSSR count). The number of rotatable bonds is 3. The number of anilines is 1. The van der Waals surface area contributed by atoms with Crippen molar-refractivity contribution in [3.05, 3.63) is 52.0 Å². The molecule has 17 heavy (non-hydrogen) atoms. The minimum absolute atomic E-state index is 0.0214. The third-order valence-electron chi connectivity index (χ3n) is 2.65. The van der Waals surface area contributed by atoms with Gasteiger partial charge < -0.3 is 10.7 Å². The van der Waals surface area contributed by atoms with E-state index in [0.717, 1.165) is 5.69 Å². The second-order valence-corrected chi connectivity index (χ2v) is 3.74. The fourth-order valence-electron chi connectivity index (χ4n) is 1.65. The molecule has 0 radical (unpaired) electrons. The van der Waals surface area contributed by atoms with Crippen molar-refractivity contribution in [2.75, 3.05) is 5.73 Å². The Balaban J connectivity index is 2.35. The van der Waals surface area contributed by atoms with Crippen LogP contribution in [-0.2, 0) is 0 Å². The SMILES string of the molecule is CC(c1ccc([N+](=O)[O-])c(N)n1)c1ccc[nH]1. The molecule has 0 saturated carbocycles. The maximum absolute atomic E-state index is 10.6.